The van der Waals surface area contributed by atoms with Gasteiger partial charge in [0.15, 0.2) is 0 Å². The van der Waals surface area contributed by atoms with Crippen LogP contribution in [0.15, 0.2) is 69.8 Å². The standard InChI is InChI=1S/C43H54I2NO14/c1-23-28(57-36(51)27(21-47)31(25-15-11-9-12-16-25)46-38(53)59-39(3,4)5)20-43(54)33(44-60-35(50)26-17-13-10-14-18-26)32-41(8,37(52)45(55)34(23)40(43,6)7)29(49)19-30-42(32,22-56-30)58-24(2)48/h9-18,27-33,47,49,54-55H,19-22H2,1-8H3,(H,46,53)/q-1/t27-,28+,29+,30?,31+,32?,33+,41-,42?,43-/m1/s1. The number of alkyl carbamates (subject to hydrolysis) is 1. The second-order valence-electron chi connectivity index (χ2n) is 17.6. The third-order valence-corrected chi connectivity index (χ3v) is 20.6. The molecule has 0 radical (unpaired) electrons. The second kappa shape index (κ2) is 17.2. The summed E-state index contributed by atoms with van der Waals surface area (Å²) in [6.07, 6.45) is -4.90. The zero-order valence-electron chi connectivity index (χ0n) is 34.8. The fourth-order valence-corrected chi connectivity index (χ4v) is 18.3. The second-order valence-corrected chi connectivity index (χ2v) is 23.5. The molecule has 17 heteroatoms. The van der Waals surface area contributed by atoms with Crippen molar-refractivity contribution in [3.8, 4) is 0 Å². The van der Waals surface area contributed by atoms with Crippen LogP contribution in [0.1, 0.15) is 90.2 Å². The van der Waals surface area contributed by atoms with Crippen molar-refractivity contribution in [2.45, 2.75) is 113 Å². The summed E-state index contributed by atoms with van der Waals surface area (Å²) >= 11 is -6.15. The fraction of sp³-hybridized carbons (Fsp3) is 0.558. The summed E-state index contributed by atoms with van der Waals surface area (Å²) < 4.78 is 40.6. The van der Waals surface area contributed by atoms with Crippen molar-refractivity contribution < 1.29 is 86.4 Å². The topological polar surface area (TPSA) is 224 Å². The number of benzene rings is 2. The average Bonchev–Trinajstić information content (AvgIpc) is 3.17. The van der Waals surface area contributed by atoms with E-state index in [1.807, 2.05) is 0 Å². The summed E-state index contributed by atoms with van der Waals surface area (Å²) in [7, 11) is 0. The summed E-state index contributed by atoms with van der Waals surface area (Å²) in [5.74, 6) is -4.99. The van der Waals surface area contributed by atoms with E-state index in [0.29, 0.717) is 11.1 Å². The van der Waals surface area contributed by atoms with Gasteiger partial charge in [-0.3, -0.25) is 0 Å². The number of hydrogen-bond acceptors (Lipinski definition) is 14. The molecule has 2 aromatic carbocycles. The number of aliphatic hydroxyl groups is 3. The molecule has 5 N–H and O–H groups in total. The van der Waals surface area contributed by atoms with Crippen LogP contribution in [-0.2, 0) is 36.4 Å². The molecule has 2 bridgehead atoms. The van der Waals surface area contributed by atoms with E-state index >= 15 is 4.79 Å². The van der Waals surface area contributed by atoms with Gasteiger partial charge in [-0.1, -0.05) is 0 Å². The molecule has 1 amide bonds. The Labute approximate surface area is 367 Å². The van der Waals surface area contributed by atoms with Crippen molar-refractivity contribution in [1.82, 2.24) is 5.32 Å². The third kappa shape index (κ3) is 8.11. The van der Waals surface area contributed by atoms with Crippen LogP contribution < -0.4 is 26.9 Å². The normalized spacial score (nSPS) is 32.4. The maximum atomic E-state index is 15.1. The molecule has 2 aromatic rings. The molecule has 15 nitrogen and oxygen atoms in total. The first kappa shape index (κ1) is 46.3. The molecule has 0 aromatic heterocycles. The molecule has 4 aliphatic rings. The predicted octanol–water partition coefficient (Wildman–Crippen LogP) is 1.48. The summed E-state index contributed by atoms with van der Waals surface area (Å²) in [5.41, 5.74) is -6.74. The molecule has 10 atom stereocenters. The van der Waals surface area contributed by atoms with Gasteiger partial charge in [-0.25, -0.2) is 0 Å². The third-order valence-electron chi connectivity index (χ3n) is 12.4. The zero-order valence-corrected chi connectivity index (χ0v) is 39.1. The monoisotopic (exact) mass is 1060 g/mol. The first-order valence-corrected chi connectivity index (χ1v) is 24.9. The van der Waals surface area contributed by atoms with Gasteiger partial charge in [-0.05, 0) is 0 Å². The molecule has 2 aliphatic carbocycles. The Morgan fingerprint density at radius 3 is 2.20 bits per heavy atom. The Morgan fingerprint density at radius 1 is 1.03 bits per heavy atom. The van der Waals surface area contributed by atoms with Gasteiger partial charge < -0.3 is 0 Å². The molecule has 2 saturated heterocycles. The van der Waals surface area contributed by atoms with E-state index in [0.717, 1.165) is 0 Å². The molecular weight excluding hydrogens is 1010 g/mol. The van der Waals surface area contributed by atoms with Crippen molar-refractivity contribution in [3.63, 3.8) is 0 Å². The van der Waals surface area contributed by atoms with Gasteiger partial charge in [0.25, 0.3) is 0 Å². The van der Waals surface area contributed by atoms with Crippen molar-refractivity contribution in [2.75, 3.05) is 13.2 Å². The number of aliphatic hydroxyl groups excluding tert-OH is 2. The van der Waals surface area contributed by atoms with Gasteiger partial charge in [0, 0.05) is 0 Å². The number of nitrogens with one attached hydrogen (secondary N) is 1. The van der Waals surface area contributed by atoms with Crippen molar-refractivity contribution in [2.24, 2.45) is 22.7 Å². The molecule has 3 fully saturated rings. The van der Waals surface area contributed by atoms with Gasteiger partial charge in [0.1, 0.15) is 0 Å². The van der Waals surface area contributed by atoms with Crippen LogP contribution in [-0.4, -0.2) is 98.8 Å². The van der Waals surface area contributed by atoms with E-state index in [1.165, 1.54) is 13.8 Å². The first-order valence-electron chi connectivity index (χ1n) is 19.6. The van der Waals surface area contributed by atoms with E-state index in [4.69, 9.17) is 22.0 Å². The van der Waals surface area contributed by atoms with E-state index in [1.54, 1.807) is 102 Å². The quantitative estimate of drug-likeness (QED) is 0.0748. The molecule has 6 rings (SSSR count). The molecule has 0 spiro atoms. The van der Waals surface area contributed by atoms with Gasteiger partial charge in [0.2, 0.25) is 0 Å². The van der Waals surface area contributed by atoms with Gasteiger partial charge in [-0.2, -0.15) is 0 Å². The molecule has 1 saturated carbocycles. The number of alkyl halides is 1. The number of carbonyl (C=O) groups is 5. The Balaban J connectivity index is 1.48. The molecule has 60 heavy (non-hydrogen) atoms. The van der Waals surface area contributed by atoms with Crippen LogP contribution in [0.2, 0.25) is 0 Å². The number of amides is 1. The van der Waals surface area contributed by atoms with Gasteiger partial charge in [0.05, 0.1) is 0 Å². The Bertz CT molecular complexity index is 2020. The molecule has 3 unspecified atom stereocenters. The summed E-state index contributed by atoms with van der Waals surface area (Å²) in [5, 5.41) is 39.0. The summed E-state index contributed by atoms with van der Waals surface area (Å²) in [4.78, 5) is 69.2. The Morgan fingerprint density at radius 2 is 1.65 bits per heavy atom. The van der Waals surface area contributed by atoms with Crippen molar-refractivity contribution in [1.29, 1.82) is 0 Å². The summed E-state index contributed by atoms with van der Waals surface area (Å²) in [6, 6.07) is 15.5. The zero-order chi connectivity index (χ0) is 44.2. The minimum atomic E-state index is -4.14. The van der Waals surface area contributed by atoms with Gasteiger partial charge in [-0.15, -0.1) is 0 Å². The van der Waals surface area contributed by atoms with Crippen LogP contribution in [0.25, 0.3) is 0 Å². The first-order chi connectivity index (χ1) is 28.0. The number of rotatable bonds is 10. The van der Waals surface area contributed by atoms with E-state index in [2.05, 4.69) is 5.32 Å². The van der Waals surface area contributed by atoms with Crippen molar-refractivity contribution in [3.05, 3.63) is 80.9 Å². The van der Waals surface area contributed by atoms with Crippen LogP contribution in [0, 0.1) is 22.7 Å². The minimum absolute atomic E-state index is 0.104. The van der Waals surface area contributed by atoms with Crippen LogP contribution in [0.4, 0.5) is 4.79 Å². The van der Waals surface area contributed by atoms with Crippen molar-refractivity contribution >= 4 is 48.0 Å². The fourth-order valence-electron chi connectivity index (χ4n) is 9.23. The Kier molecular flexibility index (Phi) is 13.2. The summed E-state index contributed by atoms with van der Waals surface area (Å²) in [6.45, 7) is 11.7. The van der Waals surface area contributed by atoms with E-state index in [9.17, 15) is 37.9 Å². The van der Waals surface area contributed by atoms with Crippen LogP contribution in [0.5, 0.6) is 0 Å². The molecule has 330 valence electrons. The van der Waals surface area contributed by atoms with Gasteiger partial charge >= 0.3 is 370 Å². The number of ether oxygens (including phenoxy) is 4. The Hall–Kier alpha value is -3.21. The van der Waals surface area contributed by atoms with E-state index in [-0.39, 0.29) is 28.6 Å². The predicted molar refractivity (Wildman–Crippen MR) is 218 cm³/mol. The molecular formula is C43H54I2NO14-. The number of hydrogen-bond donors (Lipinski definition) is 5. The molecule has 2 aliphatic heterocycles. The van der Waals surface area contributed by atoms with Crippen LogP contribution >= 0.6 is 20.2 Å². The number of halogens is 2. The number of esters is 2. The van der Waals surface area contributed by atoms with E-state index < -0.39 is 144 Å². The number of carbonyl (C=O) groups excluding carboxylic acids is 5. The number of fused-ring (bicyclic) bond motifs is 5. The average molecular weight is 1060 g/mol. The molecule has 2 heterocycles. The van der Waals surface area contributed by atoms with Crippen LogP contribution in [0.3, 0.4) is 0 Å². The SMILES string of the molecule is CC(=O)OC12COC1C[C@H](O)[C@@]1(C)C(=O)I(O)C3=C(C)[C@@H](OC(=O)[C@H](CO)[C@@H](NC(=O)OC(C)(C)C)c4ccccc4)C[C@@](O)([C@@H]([I-]OC(=O)c4ccccc4)C21)C3(C)C. The maximum absolute atomic E-state index is 15.1.